The average molecular weight is 317 g/mol. The minimum Gasteiger partial charge on any atom is -0.479 e. The summed E-state index contributed by atoms with van der Waals surface area (Å²) in [5, 5.41) is 0. The van der Waals surface area contributed by atoms with E-state index in [0.717, 1.165) is 5.56 Å². The first kappa shape index (κ1) is 16.7. The third-order valence-electron chi connectivity index (χ3n) is 3.27. The average Bonchev–Trinajstić information content (AvgIpc) is 2.98. The molecule has 122 valence electrons. The van der Waals surface area contributed by atoms with Crippen molar-refractivity contribution >= 4 is 11.9 Å². The van der Waals surface area contributed by atoms with Gasteiger partial charge in [-0.15, -0.1) is 0 Å². The van der Waals surface area contributed by atoms with Gasteiger partial charge in [-0.25, -0.2) is 14.2 Å². The second-order valence-corrected chi connectivity index (χ2v) is 5.17. The summed E-state index contributed by atoms with van der Waals surface area (Å²) in [4.78, 5) is 22.8. The fraction of sp³-hybridized carbons (Fsp3) is 0.353. The van der Waals surface area contributed by atoms with E-state index in [1.807, 2.05) is 35.0 Å². The van der Waals surface area contributed by atoms with Gasteiger partial charge in [-0.1, -0.05) is 12.1 Å². The van der Waals surface area contributed by atoms with Crippen LogP contribution in [0, 0.1) is 0 Å². The van der Waals surface area contributed by atoms with Crippen LogP contribution < -0.4 is 9.30 Å². The van der Waals surface area contributed by atoms with Crippen LogP contribution in [-0.4, -0.2) is 29.2 Å². The van der Waals surface area contributed by atoms with Gasteiger partial charge < -0.3 is 9.47 Å². The zero-order valence-electron chi connectivity index (χ0n) is 13.6. The van der Waals surface area contributed by atoms with Crippen LogP contribution in [0.25, 0.3) is 0 Å². The summed E-state index contributed by atoms with van der Waals surface area (Å²) in [6.07, 6.45) is 4.67. The molecule has 0 spiro atoms. The van der Waals surface area contributed by atoms with Gasteiger partial charge in [0.1, 0.15) is 24.7 Å². The molecule has 0 aliphatic carbocycles. The van der Waals surface area contributed by atoms with Crippen molar-refractivity contribution in [1.82, 2.24) is 4.57 Å². The lowest BCUT2D eigenvalue weighted by Crippen LogP contribution is -2.31. The molecule has 0 saturated carbocycles. The molecule has 0 saturated heterocycles. The topological polar surface area (TPSA) is 61.4 Å². The highest BCUT2D eigenvalue weighted by atomic mass is 16.6. The molecule has 6 nitrogen and oxygen atoms in total. The Morgan fingerprint density at radius 2 is 1.96 bits per heavy atom. The molecule has 2 aromatic rings. The molecule has 2 rings (SSSR count). The standard InChI is InChI=1S/C17H21N2O4/c1-4-22-17(21)13(2)23-16-7-5-15(6-8-16)11-18-9-10-19(12-18)14(3)20/h5-10,12-13H,4,11H2,1-3H3/q+1. The molecular formula is C17H21N2O4+. The lowest BCUT2D eigenvalue weighted by Gasteiger charge is -2.13. The van der Waals surface area contributed by atoms with Crippen molar-refractivity contribution in [3.63, 3.8) is 0 Å². The summed E-state index contributed by atoms with van der Waals surface area (Å²) in [6, 6.07) is 7.47. The zero-order valence-corrected chi connectivity index (χ0v) is 13.6. The maximum atomic E-state index is 11.5. The van der Waals surface area contributed by atoms with E-state index < -0.39 is 6.10 Å². The fourth-order valence-electron chi connectivity index (χ4n) is 2.07. The van der Waals surface area contributed by atoms with E-state index in [1.165, 1.54) is 11.5 Å². The van der Waals surface area contributed by atoms with Crippen LogP contribution in [-0.2, 0) is 16.1 Å². The SMILES string of the molecule is CCOC(=O)C(C)Oc1ccc(C[n+]2ccn(C(C)=O)c2)cc1. The summed E-state index contributed by atoms with van der Waals surface area (Å²) in [6.45, 7) is 5.92. The number of aromatic nitrogens is 2. The highest BCUT2D eigenvalue weighted by Crippen LogP contribution is 2.14. The van der Waals surface area contributed by atoms with Gasteiger partial charge in [0.25, 0.3) is 6.33 Å². The van der Waals surface area contributed by atoms with Crippen molar-refractivity contribution in [1.29, 1.82) is 0 Å². The molecule has 0 bridgehead atoms. The van der Waals surface area contributed by atoms with Crippen molar-refractivity contribution in [3.8, 4) is 5.75 Å². The van der Waals surface area contributed by atoms with Crippen molar-refractivity contribution in [2.75, 3.05) is 6.61 Å². The van der Waals surface area contributed by atoms with Crippen LogP contribution >= 0.6 is 0 Å². The number of nitrogens with zero attached hydrogens (tertiary/aromatic N) is 2. The second-order valence-electron chi connectivity index (χ2n) is 5.17. The monoisotopic (exact) mass is 317 g/mol. The molecule has 1 aromatic carbocycles. The Morgan fingerprint density at radius 3 is 2.52 bits per heavy atom. The van der Waals surface area contributed by atoms with E-state index in [1.54, 1.807) is 26.4 Å². The van der Waals surface area contributed by atoms with Crippen molar-refractivity contribution in [3.05, 3.63) is 48.5 Å². The van der Waals surface area contributed by atoms with Crippen molar-refractivity contribution in [2.24, 2.45) is 0 Å². The van der Waals surface area contributed by atoms with Crippen molar-refractivity contribution in [2.45, 2.75) is 33.4 Å². The number of esters is 1. The quantitative estimate of drug-likeness (QED) is 0.602. The van der Waals surface area contributed by atoms with E-state index in [0.29, 0.717) is 18.9 Å². The molecule has 6 heteroatoms. The van der Waals surface area contributed by atoms with Gasteiger partial charge in [-0.05, 0) is 31.5 Å². The van der Waals surface area contributed by atoms with Crippen LogP contribution in [0.4, 0.5) is 0 Å². The molecule has 23 heavy (non-hydrogen) atoms. The Bertz CT molecular complexity index is 676. The molecule has 0 fully saturated rings. The van der Waals surface area contributed by atoms with E-state index in [2.05, 4.69) is 0 Å². The zero-order chi connectivity index (χ0) is 16.8. The molecule has 1 aromatic heterocycles. The maximum Gasteiger partial charge on any atom is 0.347 e. The number of hydrogen-bond acceptors (Lipinski definition) is 4. The van der Waals surface area contributed by atoms with Gasteiger partial charge in [0, 0.05) is 6.92 Å². The Kier molecular flexibility index (Phi) is 5.51. The van der Waals surface area contributed by atoms with E-state index in [-0.39, 0.29) is 11.9 Å². The molecule has 0 radical (unpaired) electrons. The third kappa shape index (κ3) is 4.67. The molecule has 0 aliphatic rings. The number of ether oxygens (including phenoxy) is 2. The minimum absolute atomic E-state index is 0.0274. The van der Waals surface area contributed by atoms with Gasteiger partial charge in [0.2, 0.25) is 0 Å². The van der Waals surface area contributed by atoms with E-state index in [4.69, 9.17) is 9.47 Å². The molecule has 0 amide bonds. The van der Waals surface area contributed by atoms with Gasteiger partial charge in [-0.2, -0.15) is 4.57 Å². The summed E-state index contributed by atoms with van der Waals surface area (Å²) in [5.41, 5.74) is 1.06. The summed E-state index contributed by atoms with van der Waals surface area (Å²) in [7, 11) is 0. The second kappa shape index (κ2) is 7.58. The summed E-state index contributed by atoms with van der Waals surface area (Å²) < 4.78 is 13.9. The minimum atomic E-state index is -0.639. The number of imidazole rings is 1. The molecule has 1 unspecified atom stereocenters. The number of carbonyl (C=O) groups is 2. The highest BCUT2D eigenvalue weighted by Gasteiger charge is 2.15. The Hall–Kier alpha value is -2.63. The maximum absolute atomic E-state index is 11.5. The lowest BCUT2D eigenvalue weighted by atomic mass is 10.2. The van der Waals surface area contributed by atoms with Gasteiger partial charge in [0.15, 0.2) is 6.10 Å². The molecule has 1 atom stereocenters. The Balaban J connectivity index is 1.96. The molecule has 1 heterocycles. The predicted molar refractivity (Wildman–Crippen MR) is 83.2 cm³/mol. The first-order valence-corrected chi connectivity index (χ1v) is 7.49. The van der Waals surface area contributed by atoms with Gasteiger partial charge >= 0.3 is 11.9 Å². The number of hydrogen-bond donors (Lipinski definition) is 0. The smallest absolute Gasteiger partial charge is 0.347 e. The molecule has 0 aliphatic heterocycles. The highest BCUT2D eigenvalue weighted by molar-refractivity contribution is 5.75. The fourth-order valence-corrected chi connectivity index (χ4v) is 2.07. The summed E-state index contributed by atoms with van der Waals surface area (Å²) in [5.74, 6) is 0.207. The number of benzene rings is 1. The van der Waals surface area contributed by atoms with Gasteiger partial charge in [0.05, 0.1) is 6.61 Å². The van der Waals surface area contributed by atoms with Crippen LogP contribution in [0.2, 0.25) is 0 Å². The largest absolute Gasteiger partial charge is 0.479 e. The van der Waals surface area contributed by atoms with Crippen LogP contribution in [0.5, 0.6) is 5.75 Å². The predicted octanol–water partition coefficient (Wildman–Crippen LogP) is 1.81. The third-order valence-corrected chi connectivity index (χ3v) is 3.27. The number of rotatable bonds is 6. The van der Waals surface area contributed by atoms with E-state index in [9.17, 15) is 9.59 Å². The van der Waals surface area contributed by atoms with Crippen molar-refractivity contribution < 1.29 is 23.6 Å². The van der Waals surface area contributed by atoms with E-state index >= 15 is 0 Å². The van der Waals surface area contributed by atoms with Gasteiger partial charge in [-0.3, -0.25) is 0 Å². The lowest BCUT2D eigenvalue weighted by molar-refractivity contribution is -0.687. The summed E-state index contributed by atoms with van der Waals surface area (Å²) >= 11 is 0. The normalized spacial score (nSPS) is 11.8. The van der Waals surface area contributed by atoms with Crippen LogP contribution in [0.1, 0.15) is 31.1 Å². The Labute approximate surface area is 135 Å². The molecule has 0 N–H and O–H groups in total. The van der Waals surface area contributed by atoms with Crippen LogP contribution in [0.3, 0.4) is 0 Å². The Morgan fingerprint density at radius 1 is 1.26 bits per heavy atom. The first-order chi connectivity index (χ1) is 11.0. The first-order valence-electron chi connectivity index (χ1n) is 7.49. The molecular weight excluding hydrogens is 296 g/mol. The number of carbonyl (C=O) groups excluding carboxylic acids is 2. The van der Waals surface area contributed by atoms with Crippen LogP contribution in [0.15, 0.2) is 43.0 Å².